The minimum Gasteiger partial charge on any atom is -0.494 e. The van der Waals surface area contributed by atoms with Crippen molar-refractivity contribution in [3.63, 3.8) is 0 Å². The number of rotatable bonds is 7. The monoisotopic (exact) mass is 251 g/mol. The molecule has 3 N–H and O–H groups in total. The van der Waals surface area contributed by atoms with Gasteiger partial charge in [-0.15, -0.1) is 0 Å². The zero-order valence-corrected chi connectivity index (χ0v) is 11.6. The van der Waals surface area contributed by atoms with Gasteiger partial charge < -0.3 is 15.6 Å². The number of aliphatic hydroxyl groups excluding tert-OH is 1. The van der Waals surface area contributed by atoms with E-state index in [-0.39, 0.29) is 5.41 Å². The van der Waals surface area contributed by atoms with Gasteiger partial charge in [0.15, 0.2) is 0 Å². The van der Waals surface area contributed by atoms with Crippen LogP contribution in [0.5, 0.6) is 5.75 Å². The van der Waals surface area contributed by atoms with E-state index in [1.807, 2.05) is 31.2 Å². The molecule has 0 radical (unpaired) electrons. The van der Waals surface area contributed by atoms with Crippen molar-refractivity contribution in [3.8, 4) is 5.75 Å². The molecule has 0 bridgehead atoms. The average Bonchev–Trinajstić information content (AvgIpc) is 2.44. The Kier molecular flexibility index (Phi) is 5.63. The number of aliphatic hydroxyl groups is 1. The molecule has 18 heavy (non-hydrogen) atoms. The smallest absolute Gasteiger partial charge is 0.119 e. The van der Waals surface area contributed by atoms with Gasteiger partial charge in [0, 0.05) is 12.0 Å². The highest BCUT2D eigenvalue weighted by molar-refractivity contribution is 5.29. The maximum Gasteiger partial charge on any atom is 0.119 e. The molecule has 1 rings (SSSR count). The number of hydrogen-bond donors (Lipinski definition) is 2. The molecule has 0 spiro atoms. The standard InChI is InChI=1S/C15H25NO2/c1-4-10-18-13-8-6-12(7-9-13)14(17)15(3,5-2)11-16/h6-9,14,17H,4-5,10-11,16H2,1-3H3. The summed E-state index contributed by atoms with van der Waals surface area (Å²) in [6.07, 6.45) is 1.30. The summed E-state index contributed by atoms with van der Waals surface area (Å²) in [5.41, 5.74) is 6.39. The molecule has 102 valence electrons. The van der Waals surface area contributed by atoms with Crippen LogP contribution in [-0.2, 0) is 0 Å². The molecule has 1 aromatic rings. The van der Waals surface area contributed by atoms with Crippen LogP contribution >= 0.6 is 0 Å². The van der Waals surface area contributed by atoms with Crippen molar-refractivity contribution in [3.05, 3.63) is 29.8 Å². The summed E-state index contributed by atoms with van der Waals surface area (Å²) < 4.78 is 5.52. The highest BCUT2D eigenvalue weighted by atomic mass is 16.5. The first kappa shape index (κ1) is 15.0. The molecule has 0 aliphatic carbocycles. The Hall–Kier alpha value is -1.06. The van der Waals surface area contributed by atoms with Crippen molar-refractivity contribution >= 4 is 0 Å². The van der Waals surface area contributed by atoms with Gasteiger partial charge in [0.2, 0.25) is 0 Å². The molecule has 2 unspecified atom stereocenters. The number of hydrogen-bond acceptors (Lipinski definition) is 3. The van der Waals surface area contributed by atoms with Crippen molar-refractivity contribution in [1.29, 1.82) is 0 Å². The van der Waals surface area contributed by atoms with Crippen molar-refractivity contribution in [2.75, 3.05) is 13.2 Å². The first-order valence-corrected chi connectivity index (χ1v) is 6.68. The average molecular weight is 251 g/mol. The summed E-state index contributed by atoms with van der Waals surface area (Å²) in [7, 11) is 0. The predicted octanol–water partition coefficient (Wildman–Crippen LogP) is 2.88. The second kappa shape index (κ2) is 6.76. The highest BCUT2D eigenvalue weighted by Crippen LogP contribution is 2.36. The van der Waals surface area contributed by atoms with E-state index in [0.29, 0.717) is 6.54 Å². The van der Waals surface area contributed by atoms with Crippen molar-refractivity contribution in [2.45, 2.75) is 39.7 Å². The maximum atomic E-state index is 10.4. The zero-order valence-electron chi connectivity index (χ0n) is 11.6. The van der Waals surface area contributed by atoms with Crippen LogP contribution in [0.2, 0.25) is 0 Å². The van der Waals surface area contributed by atoms with Crippen molar-refractivity contribution in [2.24, 2.45) is 11.1 Å². The summed E-state index contributed by atoms with van der Waals surface area (Å²) in [5, 5.41) is 10.4. The van der Waals surface area contributed by atoms with Crippen LogP contribution in [0.15, 0.2) is 24.3 Å². The Labute approximate surface area is 110 Å². The van der Waals surface area contributed by atoms with E-state index in [0.717, 1.165) is 30.8 Å². The van der Waals surface area contributed by atoms with Crippen LogP contribution in [-0.4, -0.2) is 18.3 Å². The maximum absolute atomic E-state index is 10.4. The molecular formula is C15H25NO2. The lowest BCUT2D eigenvalue weighted by atomic mass is 9.78. The van der Waals surface area contributed by atoms with E-state index in [4.69, 9.17) is 10.5 Å². The van der Waals surface area contributed by atoms with E-state index < -0.39 is 6.10 Å². The lowest BCUT2D eigenvalue weighted by Gasteiger charge is -2.32. The normalized spacial score (nSPS) is 16.1. The SMILES string of the molecule is CCCOc1ccc(C(O)C(C)(CC)CN)cc1. The van der Waals surface area contributed by atoms with Gasteiger partial charge in [-0.25, -0.2) is 0 Å². The quantitative estimate of drug-likeness (QED) is 0.783. The third kappa shape index (κ3) is 3.47. The van der Waals surface area contributed by atoms with Gasteiger partial charge in [0.1, 0.15) is 5.75 Å². The minimum atomic E-state index is -0.535. The molecular weight excluding hydrogens is 226 g/mol. The minimum absolute atomic E-state index is 0.272. The molecule has 0 aliphatic heterocycles. The van der Waals surface area contributed by atoms with Gasteiger partial charge in [-0.05, 0) is 30.5 Å². The topological polar surface area (TPSA) is 55.5 Å². The van der Waals surface area contributed by atoms with Gasteiger partial charge in [-0.2, -0.15) is 0 Å². The van der Waals surface area contributed by atoms with Gasteiger partial charge in [-0.3, -0.25) is 0 Å². The molecule has 3 nitrogen and oxygen atoms in total. The first-order valence-electron chi connectivity index (χ1n) is 6.68. The molecule has 0 amide bonds. The molecule has 0 saturated carbocycles. The third-order valence-electron chi connectivity index (χ3n) is 3.60. The fourth-order valence-corrected chi connectivity index (χ4v) is 1.82. The van der Waals surface area contributed by atoms with Gasteiger partial charge >= 0.3 is 0 Å². The Morgan fingerprint density at radius 3 is 2.33 bits per heavy atom. The lowest BCUT2D eigenvalue weighted by Crippen LogP contribution is -2.33. The number of ether oxygens (including phenoxy) is 1. The Bertz CT molecular complexity index is 344. The molecule has 3 heteroatoms. The van der Waals surface area contributed by atoms with Gasteiger partial charge in [0.25, 0.3) is 0 Å². The molecule has 0 heterocycles. The van der Waals surface area contributed by atoms with E-state index >= 15 is 0 Å². The van der Waals surface area contributed by atoms with Crippen LogP contribution in [0.3, 0.4) is 0 Å². The fourth-order valence-electron chi connectivity index (χ4n) is 1.82. The third-order valence-corrected chi connectivity index (χ3v) is 3.60. The summed E-state index contributed by atoms with van der Waals surface area (Å²) in [6.45, 7) is 7.33. The van der Waals surface area contributed by atoms with Gasteiger partial charge in [0.05, 0.1) is 12.7 Å². The Morgan fingerprint density at radius 2 is 1.89 bits per heavy atom. The van der Waals surface area contributed by atoms with Crippen LogP contribution < -0.4 is 10.5 Å². The van der Waals surface area contributed by atoms with Crippen molar-refractivity contribution < 1.29 is 9.84 Å². The second-order valence-electron chi connectivity index (χ2n) is 5.03. The van der Waals surface area contributed by atoms with E-state index in [1.54, 1.807) is 0 Å². The Balaban J connectivity index is 2.78. The van der Waals surface area contributed by atoms with Crippen LogP contribution in [0.25, 0.3) is 0 Å². The zero-order chi connectivity index (χ0) is 13.6. The summed E-state index contributed by atoms with van der Waals surface area (Å²) in [4.78, 5) is 0. The molecule has 1 aromatic carbocycles. The molecule has 0 aromatic heterocycles. The van der Waals surface area contributed by atoms with E-state index in [2.05, 4.69) is 13.8 Å². The molecule has 0 fully saturated rings. The number of nitrogens with two attached hydrogens (primary N) is 1. The van der Waals surface area contributed by atoms with E-state index in [9.17, 15) is 5.11 Å². The predicted molar refractivity (Wildman–Crippen MR) is 74.6 cm³/mol. The number of benzene rings is 1. The van der Waals surface area contributed by atoms with Crippen LogP contribution in [0.4, 0.5) is 0 Å². The molecule has 2 atom stereocenters. The molecule has 0 aliphatic rings. The highest BCUT2D eigenvalue weighted by Gasteiger charge is 2.30. The van der Waals surface area contributed by atoms with Gasteiger partial charge in [-0.1, -0.05) is 32.9 Å². The first-order chi connectivity index (χ1) is 8.57. The summed E-state index contributed by atoms with van der Waals surface area (Å²) in [6, 6.07) is 7.64. The molecule has 0 saturated heterocycles. The lowest BCUT2D eigenvalue weighted by molar-refractivity contribution is 0.0391. The van der Waals surface area contributed by atoms with Crippen LogP contribution in [0.1, 0.15) is 45.3 Å². The summed E-state index contributed by atoms with van der Waals surface area (Å²) in [5.74, 6) is 0.846. The van der Waals surface area contributed by atoms with Crippen molar-refractivity contribution in [1.82, 2.24) is 0 Å². The van der Waals surface area contributed by atoms with E-state index in [1.165, 1.54) is 0 Å². The summed E-state index contributed by atoms with van der Waals surface area (Å²) >= 11 is 0. The largest absolute Gasteiger partial charge is 0.494 e. The van der Waals surface area contributed by atoms with Crippen LogP contribution in [0, 0.1) is 5.41 Å². The fraction of sp³-hybridized carbons (Fsp3) is 0.600. The Morgan fingerprint density at radius 1 is 1.28 bits per heavy atom. The second-order valence-corrected chi connectivity index (χ2v) is 5.03.